The summed E-state index contributed by atoms with van der Waals surface area (Å²) < 4.78 is 5.18. The van der Waals surface area contributed by atoms with E-state index in [-0.39, 0.29) is 0 Å². The molecule has 100 valence electrons. The van der Waals surface area contributed by atoms with E-state index in [1.54, 1.807) is 7.11 Å². The minimum Gasteiger partial charge on any atom is -0.378 e. The van der Waals surface area contributed by atoms with Crippen molar-refractivity contribution in [3.05, 3.63) is 17.5 Å². The molecule has 1 aliphatic heterocycles. The summed E-state index contributed by atoms with van der Waals surface area (Å²) in [4.78, 5) is 11.5. The van der Waals surface area contributed by atoms with Gasteiger partial charge in [-0.25, -0.2) is 9.97 Å². The van der Waals surface area contributed by atoms with Gasteiger partial charge in [0.25, 0.3) is 0 Å². The van der Waals surface area contributed by atoms with Gasteiger partial charge >= 0.3 is 0 Å². The topological polar surface area (TPSA) is 50.3 Å². The molecule has 0 atom stereocenters. The molecule has 0 amide bonds. The van der Waals surface area contributed by atoms with Crippen molar-refractivity contribution in [2.45, 2.75) is 26.4 Å². The van der Waals surface area contributed by atoms with Gasteiger partial charge < -0.3 is 15.0 Å². The van der Waals surface area contributed by atoms with Crippen LogP contribution in [0.1, 0.15) is 31.2 Å². The van der Waals surface area contributed by atoms with Crippen molar-refractivity contribution in [1.82, 2.24) is 15.3 Å². The van der Waals surface area contributed by atoms with E-state index < -0.39 is 0 Å². The highest BCUT2D eigenvalue weighted by molar-refractivity contribution is 5.34. The maximum Gasteiger partial charge on any atom is 0.225 e. The second-order valence-corrected chi connectivity index (χ2v) is 4.91. The molecular formula is C13H22N4O. The van der Waals surface area contributed by atoms with Gasteiger partial charge in [0.1, 0.15) is 0 Å². The average Bonchev–Trinajstić information content (AvgIpc) is 2.40. The molecule has 0 aliphatic carbocycles. The first kappa shape index (κ1) is 13.2. The number of rotatable bonds is 4. The van der Waals surface area contributed by atoms with Crippen molar-refractivity contribution in [2.24, 2.45) is 0 Å². The number of methoxy groups -OCH3 is 1. The van der Waals surface area contributed by atoms with Crippen LogP contribution in [0.25, 0.3) is 0 Å². The van der Waals surface area contributed by atoms with Crippen LogP contribution in [0.15, 0.2) is 6.07 Å². The third-order valence-electron chi connectivity index (χ3n) is 3.07. The minimum absolute atomic E-state index is 0.408. The van der Waals surface area contributed by atoms with Gasteiger partial charge in [0.2, 0.25) is 5.95 Å². The van der Waals surface area contributed by atoms with E-state index >= 15 is 0 Å². The highest BCUT2D eigenvalue weighted by Crippen LogP contribution is 2.18. The van der Waals surface area contributed by atoms with Crippen molar-refractivity contribution in [1.29, 1.82) is 0 Å². The molecular weight excluding hydrogens is 228 g/mol. The first-order valence-electron chi connectivity index (χ1n) is 6.53. The van der Waals surface area contributed by atoms with E-state index in [2.05, 4.69) is 34.0 Å². The lowest BCUT2D eigenvalue weighted by molar-refractivity contribution is 0.181. The van der Waals surface area contributed by atoms with Gasteiger partial charge in [-0.15, -0.1) is 0 Å². The summed E-state index contributed by atoms with van der Waals surface area (Å²) >= 11 is 0. The molecule has 0 aromatic carbocycles. The normalized spacial score (nSPS) is 16.3. The van der Waals surface area contributed by atoms with Crippen molar-refractivity contribution >= 4 is 5.95 Å². The first-order valence-corrected chi connectivity index (χ1v) is 6.53. The van der Waals surface area contributed by atoms with Crippen LogP contribution in [0.3, 0.4) is 0 Å². The van der Waals surface area contributed by atoms with Gasteiger partial charge in [-0.3, -0.25) is 0 Å². The van der Waals surface area contributed by atoms with Gasteiger partial charge in [0.05, 0.1) is 12.3 Å². The lowest BCUT2D eigenvalue weighted by Gasteiger charge is -2.28. The monoisotopic (exact) mass is 250 g/mol. The molecule has 1 fully saturated rings. The predicted octanol–water partition coefficient (Wildman–Crippen LogP) is 1.16. The van der Waals surface area contributed by atoms with Crippen LogP contribution >= 0.6 is 0 Å². The largest absolute Gasteiger partial charge is 0.378 e. The lowest BCUT2D eigenvalue weighted by atomic mass is 10.1. The van der Waals surface area contributed by atoms with E-state index in [1.165, 1.54) is 0 Å². The smallest absolute Gasteiger partial charge is 0.225 e. The summed E-state index contributed by atoms with van der Waals surface area (Å²) in [5.74, 6) is 1.25. The molecule has 0 saturated carbocycles. The number of piperazine rings is 1. The van der Waals surface area contributed by atoms with Gasteiger partial charge in [-0.05, 0) is 12.0 Å². The second-order valence-electron chi connectivity index (χ2n) is 4.91. The van der Waals surface area contributed by atoms with Crippen molar-refractivity contribution in [2.75, 3.05) is 38.2 Å². The van der Waals surface area contributed by atoms with Crippen molar-refractivity contribution in [3.8, 4) is 0 Å². The molecule has 0 spiro atoms. The number of nitrogens with zero attached hydrogens (tertiary/aromatic N) is 3. The second kappa shape index (κ2) is 6.11. The molecule has 2 heterocycles. The van der Waals surface area contributed by atoms with Gasteiger partial charge in [-0.1, -0.05) is 13.8 Å². The van der Waals surface area contributed by atoms with E-state index in [0.717, 1.165) is 43.5 Å². The number of hydrogen-bond acceptors (Lipinski definition) is 5. The fourth-order valence-electron chi connectivity index (χ4n) is 2.03. The standard InChI is InChI=1S/C13H22N4O/c1-10(2)12-8-11(9-18-3)15-13(16-12)17-6-4-14-5-7-17/h8,10,14H,4-7,9H2,1-3H3. The van der Waals surface area contributed by atoms with E-state index in [4.69, 9.17) is 4.74 Å². The molecule has 1 aliphatic rings. The van der Waals surface area contributed by atoms with Crippen LogP contribution in [0, 0.1) is 0 Å². The lowest BCUT2D eigenvalue weighted by Crippen LogP contribution is -2.44. The van der Waals surface area contributed by atoms with Gasteiger partial charge in [0, 0.05) is 39.0 Å². The molecule has 0 unspecified atom stereocenters. The van der Waals surface area contributed by atoms with Crippen LogP contribution < -0.4 is 10.2 Å². The molecule has 18 heavy (non-hydrogen) atoms. The summed E-state index contributed by atoms with van der Waals surface area (Å²) in [7, 11) is 1.70. The van der Waals surface area contributed by atoms with Crippen LogP contribution in [-0.2, 0) is 11.3 Å². The van der Waals surface area contributed by atoms with E-state index in [9.17, 15) is 0 Å². The van der Waals surface area contributed by atoms with Gasteiger partial charge in [-0.2, -0.15) is 0 Å². The molecule has 1 aromatic rings. The maximum absolute atomic E-state index is 5.18. The summed E-state index contributed by atoms with van der Waals surface area (Å²) in [5.41, 5.74) is 2.05. The Labute approximate surface area is 109 Å². The predicted molar refractivity (Wildman–Crippen MR) is 71.9 cm³/mol. The Morgan fingerprint density at radius 2 is 2.06 bits per heavy atom. The Morgan fingerprint density at radius 3 is 2.67 bits per heavy atom. The Balaban J connectivity index is 2.26. The number of hydrogen-bond donors (Lipinski definition) is 1. The zero-order chi connectivity index (χ0) is 13.0. The van der Waals surface area contributed by atoms with Crippen LogP contribution in [-0.4, -0.2) is 43.3 Å². The molecule has 1 aromatic heterocycles. The third-order valence-corrected chi connectivity index (χ3v) is 3.07. The summed E-state index contributed by atoms with van der Waals surface area (Å²) in [6, 6.07) is 2.04. The van der Waals surface area contributed by atoms with Crippen LogP contribution in [0.4, 0.5) is 5.95 Å². The first-order chi connectivity index (χ1) is 8.70. The zero-order valence-electron chi connectivity index (χ0n) is 11.4. The highest BCUT2D eigenvalue weighted by Gasteiger charge is 2.15. The minimum atomic E-state index is 0.408. The molecule has 0 bridgehead atoms. The summed E-state index contributed by atoms with van der Waals surface area (Å²) in [6.45, 7) is 8.77. The highest BCUT2D eigenvalue weighted by atomic mass is 16.5. The number of nitrogens with one attached hydrogen (secondary N) is 1. The summed E-state index contributed by atoms with van der Waals surface area (Å²) in [6.07, 6.45) is 0. The van der Waals surface area contributed by atoms with E-state index in [1.807, 2.05) is 6.07 Å². The Bertz CT molecular complexity index is 389. The molecule has 2 rings (SSSR count). The molecule has 5 nitrogen and oxygen atoms in total. The zero-order valence-corrected chi connectivity index (χ0v) is 11.4. The Morgan fingerprint density at radius 1 is 1.33 bits per heavy atom. The molecule has 1 saturated heterocycles. The SMILES string of the molecule is COCc1cc(C(C)C)nc(N2CCNCC2)n1. The number of ether oxygens (including phenoxy) is 1. The number of anilines is 1. The maximum atomic E-state index is 5.18. The fourth-order valence-corrected chi connectivity index (χ4v) is 2.03. The van der Waals surface area contributed by atoms with Crippen molar-refractivity contribution < 1.29 is 4.74 Å². The van der Waals surface area contributed by atoms with E-state index in [0.29, 0.717) is 12.5 Å². The molecule has 0 radical (unpaired) electrons. The number of aromatic nitrogens is 2. The average molecular weight is 250 g/mol. The third kappa shape index (κ3) is 3.17. The Kier molecular flexibility index (Phi) is 4.49. The quantitative estimate of drug-likeness (QED) is 0.869. The molecule has 1 N–H and O–H groups in total. The summed E-state index contributed by atoms with van der Waals surface area (Å²) in [5, 5.41) is 3.34. The Hall–Kier alpha value is -1.20. The van der Waals surface area contributed by atoms with Crippen LogP contribution in [0.5, 0.6) is 0 Å². The van der Waals surface area contributed by atoms with Crippen molar-refractivity contribution in [3.63, 3.8) is 0 Å². The van der Waals surface area contributed by atoms with Gasteiger partial charge in [0.15, 0.2) is 0 Å². The fraction of sp³-hybridized carbons (Fsp3) is 0.692. The van der Waals surface area contributed by atoms with Crippen LogP contribution in [0.2, 0.25) is 0 Å². The molecule has 5 heteroatoms.